The third kappa shape index (κ3) is 4.13. The molecule has 1 saturated heterocycles. The Morgan fingerprint density at radius 1 is 1.27 bits per heavy atom. The van der Waals surface area contributed by atoms with Crippen molar-refractivity contribution >= 4 is 29.2 Å². The number of esters is 1. The largest absolute Gasteiger partial charge is 0.467 e. The second kappa shape index (κ2) is 8.16. The van der Waals surface area contributed by atoms with Crippen molar-refractivity contribution in [1.82, 2.24) is 0 Å². The van der Waals surface area contributed by atoms with Gasteiger partial charge in [0.05, 0.1) is 7.11 Å². The predicted molar refractivity (Wildman–Crippen MR) is 87.8 cm³/mol. The number of methoxy groups -OCH3 is 1. The van der Waals surface area contributed by atoms with E-state index in [1.807, 2.05) is 13.8 Å². The van der Waals surface area contributed by atoms with Gasteiger partial charge in [-0.3, -0.25) is 0 Å². The maximum atomic E-state index is 12.0. The zero-order valence-electron chi connectivity index (χ0n) is 13.3. The number of ether oxygens (including phenoxy) is 3. The molecule has 1 heterocycles. The average Bonchev–Trinajstić information content (AvgIpc) is 2.87. The number of carbonyl (C=O) groups excluding carboxylic acids is 1. The van der Waals surface area contributed by atoms with Gasteiger partial charge in [-0.2, -0.15) is 0 Å². The third-order valence-electron chi connectivity index (χ3n) is 3.60. The van der Waals surface area contributed by atoms with Crippen molar-refractivity contribution in [2.24, 2.45) is 0 Å². The normalized spacial score (nSPS) is 25.6. The van der Waals surface area contributed by atoms with E-state index in [0.717, 1.165) is 0 Å². The molecule has 0 saturated carbocycles. The summed E-state index contributed by atoms with van der Waals surface area (Å²) in [5, 5.41) is 0.864. The zero-order chi connectivity index (χ0) is 16.9. The van der Waals surface area contributed by atoms with Crippen LogP contribution in [0.3, 0.4) is 0 Å². The minimum Gasteiger partial charge on any atom is -0.467 e. The van der Waals surface area contributed by atoms with E-state index in [1.54, 1.807) is 19.1 Å². The fourth-order valence-electron chi connectivity index (χ4n) is 2.32. The first-order chi connectivity index (χ1) is 10.3. The van der Waals surface area contributed by atoms with Gasteiger partial charge in [0.1, 0.15) is 6.10 Å². The molecule has 0 aromatic rings. The summed E-state index contributed by atoms with van der Waals surface area (Å²) in [6, 6.07) is 0. The van der Waals surface area contributed by atoms with Crippen molar-refractivity contribution in [2.45, 2.75) is 51.6 Å². The van der Waals surface area contributed by atoms with Crippen molar-refractivity contribution in [3.8, 4) is 0 Å². The van der Waals surface area contributed by atoms with Crippen molar-refractivity contribution in [1.29, 1.82) is 0 Å². The summed E-state index contributed by atoms with van der Waals surface area (Å²) in [6.45, 7) is 9.32. The molecule has 0 aliphatic carbocycles. The van der Waals surface area contributed by atoms with Gasteiger partial charge in [-0.1, -0.05) is 49.7 Å². The molecule has 0 radical (unpaired) electrons. The molecule has 22 heavy (non-hydrogen) atoms. The van der Waals surface area contributed by atoms with E-state index in [1.165, 1.54) is 7.11 Å². The number of hydrogen-bond acceptors (Lipinski definition) is 4. The second-order valence-electron chi connectivity index (χ2n) is 4.96. The fraction of sp³-hybridized carbons (Fsp3) is 0.562. The Kier molecular flexibility index (Phi) is 7.13. The molecular formula is C16H22Cl2O4. The van der Waals surface area contributed by atoms with E-state index < -0.39 is 24.0 Å². The van der Waals surface area contributed by atoms with Crippen LogP contribution in [-0.2, 0) is 19.0 Å². The third-order valence-corrected chi connectivity index (χ3v) is 4.03. The van der Waals surface area contributed by atoms with E-state index >= 15 is 0 Å². The highest BCUT2D eigenvalue weighted by atomic mass is 35.5. The topological polar surface area (TPSA) is 44.8 Å². The lowest BCUT2D eigenvalue weighted by molar-refractivity contribution is -0.186. The highest BCUT2D eigenvalue weighted by molar-refractivity contribution is 6.34. The Balaban J connectivity index is 3.29. The maximum Gasteiger partial charge on any atom is 0.338 e. The lowest BCUT2D eigenvalue weighted by atomic mass is 10.0. The van der Waals surface area contributed by atoms with E-state index in [2.05, 4.69) is 6.58 Å². The highest BCUT2D eigenvalue weighted by Crippen LogP contribution is 2.39. The van der Waals surface area contributed by atoms with Gasteiger partial charge in [0.2, 0.25) is 0 Å². The van der Waals surface area contributed by atoms with Crippen LogP contribution in [0, 0.1) is 0 Å². The molecule has 0 unspecified atom stereocenters. The van der Waals surface area contributed by atoms with E-state index in [0.29, 0.717) is 28.5 Å². The molecule has 0 aromatic carbocycles. The van der Waals surface area contributed by atoms with Crippen LogP contribution in [0.5, 0.6) is 0 Å². The van der Waals surface area contributed by atoms with Crippen LogP contribution in [0.1, 0.15) is 33.6 Å². The van der Waals surface area contributed by atoms with Gasteiger partial charge in [0, 0.05) is 15.6 Å². The molecule has 0 amide bonds. The molecule has 6 heteroatoms. The van der Waals surface area contributed by atoms with Crippen LogP contribution in [-0.4, -0.2) is 31.1 Å². The van der Waals surface area contributed by atoms with E-state index in [-0.39, 0.29) is 0 Å². The van der Waals surface area contributed by atoms with E-state index in [4.69, 9.17) is 37.4 Å². The van der Waals surface area contributed by atoms with Gasteiger partial charge in [0.15, 0.2) is 11.9 Å². The summed E-state index contributed by atoms with van der Waals surface area (Å²) in [5.74, 6) is -1.35. The molecule has 1 rings (SSSR count). The van der Waals surface area contributed by atoms with E-state index in [9.17, 15) is 4.79 Å². The van der Waals surface area contributed by atoms with Crippen LogP contribution >= 0.6 is 23.2 Å². The Morgan fingerprint density at radius 3 is 2.23 bits per heavy atom. The lowest BCUT2D eigenvalue weighted by Gasteiger charge is -2.25. The molecule has 0 spiro atoms. The molecule has 4 nitrogen and oxygen atoms in total. The molecule has 2 atom stereocenters. The van der Waals surface area contributed by atoms with Crippen molar-refractivity contribution in [3.63, 3.8) is 0 Å². The molecule has 0 aromatic heterocycles. The number of carbonyl (C=O) groups is 1. The monoisotopic (exact) mass is 348 g/mol. The van der Waals surface area contributed by atoms with Crippen molar-refractivity contribution < 1.29 is 19.0 Å². The van der Waals surface area contributed by atoms with Gasteiger partial charge in [-0.05, 0) is 25.8 Å². The summed E-state index contributed by atoms with van der Waals surface area (Å²) < 4.78 is 16.7. The molecule has 1 fully saturated rings. The van der Waals surface area contributed by atoms with Gasteiger partial charge < -0.3 is 14.2 Å². The highest BCUT2D eigenvalue weighted by Gasteiger charge is 2.50. The number of hydrogen-bond donors (Lipinski definition) is 0. The average molecular weight is 349 g/mol. The fourth-order valence-corrected chi connectivity index (χ4v) is 2.83. The first kappa shape index (κ1) is 19.2. The Hall–Kier alpha value is -0.810. The van der Waals surface area contributed by atoms with Gasteiger partial charge in [0.25, 0.3) is 0 Å². The maximum absolute atomic E-state index is 12.0. The Labute approximate surface area is 141 Å². The number of halogens is 2. The summed E-state index contributed by atoms with van der Waals surface area (Å²) >= 11 is 12.1. The molecular weight excluding hydrogens is 327 g/mol. The number of allylic oxidation sites excluding steroid dienone is 3. The molecule has 0 bridgehead atoms. The minimum absolute atomic E-state index is 0.355. The van der Waals surface area contributed by atoms with Crippen LogP contribution in [0.25, 0.3) is 0 Å². The van der Waals surface area contributed by atoms with Crippen molar-refractivity contribution in [2.75, 3.05) is 7.11 Å². The summed E-state index contributed by atoms with van der Waals surface area (Å²) in [5.41, 5.74) is 0.542. The molecule has 0 N–H and O–H groups in total. The first-order valence-electron chi connectivity index (χ1n) is 7.13. The Bertz CT molecular complexity index is 488. The van der Waals surface area contributed by atoms with Crippen LogP contribution in [0.15, 0.2) is 34.4 Å². The quantitative estimate of drug-likeness (QED) is 0.530. The second-order valence-corrected chi connectivity index (χ2v) is 5.96. The van der Waals surface area contributed by atoms with Crippen LogP contribution < -0.4 is 0 Å². The van der Waals surface area contributed by atoms with Gasteiger partial charge in [-0.25, -0.2) is 4.79 Å². The smallest absolute Gasteiger partial charge is 0.338 e. The summed E-state index contributed by atoms with van der Waals surface area (Å²) in [7, 11) is 1.31. The zero-order valence-corrected chi connectivity index (χ0v) is 14.8. The predicted octanol–water partition coefficient (Wildman–Crippen LogP) is 4.28. The molecule has 1 aliphatic heterocycles. The summed E-state index contributed by atoms with van der Waals surface area (Å²) in [4.78, 5) is 12.0. The minimum atomic E-state index is -0.893. The molecule has 124 valence electrons. The first-order valence-corrected chi connectivity index (χ1v) is 7.89. The van der Waals surface area contributed by atoms with Gasteiger partial charge >= 0.3 is 5.97 Å². The summed E-state index contributed by atoms with van der Waals surface area (Å²) in [6.07, 6.45) is 2.74. The lowest BCUT2D eigenvalue weighted by Crippen LogP contribution is -2.34. The Morgan fingerprint density at radius 2 is 1.82 bits per heavy atom. The van der Waals surface area contributed by atoms with Gasteiger partial charge in [-0.15, -0.1) is 0 Å². The van der Waals surface area contributed by atoms with Crippen LogP contribution in [0.4, 0.5) is 0 Å². The van der Waals surface area contributed by atoms with Crippen LogP contribution in [0.2, 0.25) is 0 Å². The number of rotatable bonds is 6. The SMILES string of the molecule is C=C/C(=C(Cl)\C=C(/C)Cl)[C@@H]1OC(CC)(CC)O[C@H]1C(=O)OC. The standard InChI is InChI=1S/C16H22Cl2O4/c1-6-11(12(18)9-10(4)17)13-14(15(19)20-5)22-16(7-2,8-3)21-13/h6,9,13-14H,1,7-8H2,2-5H3/b10-9+,12-11-/t13-,14+/m0/s1. The molecule has 1 aliphatic rings. The van der Waals surface area contributed by atoms with Crippen molar-refractivity contribution in [3.05, 3.63) is 34.4 Å².